The van der Waals surface area contributed by atoms with Crippen molar-refractivity contribution in [2.75, 3.05) is 5.73 Å². The van der Waals surface area contributed by atoms with Gasteiger partial charge in [0, 0.05) is 21.8 Å². The Morgan fingerprint density at radius 2 is 2.14 bits per heavy atom. The molecule has 1 amide bonds. The first-order valence-electron chi connectivity index (χ1n) is 7.82. The lowest BCUT2D eigenvalue weighted by molar-refractivity contribution is 0.0914. The molecule has 0 spiro atoms. The van der Waals surface area contributed by atoms with E-state index in [0.29, 0.717) is 17.2 Å². The summed E-state index contributed by atoms with van der Waals surface area (Å²) in [6.45, 7) is 4.05. The van der Waals surface area contributed by atoms with Crippen molar-refractivity contribution in [1.29, 1.82) is 0 Å². The number of benzene rings is 1. The molecule has 4 unspecified atom stereocenters. The minimum Gasteiger partial charge on any atom is -0.398 e. The van der Waals surface area contributed by atoms with Crippen molar-refractivity contribution >= 4 is 27.5 Å². The smallest absolute Gasteiger partial charge is 0.251 e. The molecule has 0 radical (unpaired) electrons. The summed E-state index contributed by atoms with van der Waals surface area (Å²) in [5.74, 6) is 2.37. The molecule has 1 aromatic rings. The fourth-order valence-corrected chi connectivity index (χ4v) is 4.71. The minimum absolute atomic E-state index is 0.00391. The van der Waals surface area contributed by atoms with E-state index in [-0.39, 0.29) is 11.9 Å². The second-order valence-electron chi connectivity index (χ2n) is 6.77. The molecule has 0 aromatic heterocycles. The first-order chi connectivity index (χ1) is 9.95. The Hall–Kier alpha value is -1.03. The largest absolute Gasteiger partial charge is 0.398 e. The lowest BCUT2D eigenvalue weighted by atomic mass is 9.84. The summed E-state index contributed by atoms with van der Waals surface area (Å²) in [6.07, 6.45) is 5.39. The molecule has 2 aliphatic rings. The van der Waals surface area contributed by atoms with E-state index in [0.717, 1.165) is 21.9 Å². The second-order valence-corrected chi connectivity index (χ2v) is 7.68. The minimum atomic E-state index is -0.00391. The van der Waals surface area contributed by atoms with Gasteiger partial charge < -0.3 is 11.1 Å². The van der Waals surface area contributed by atoms with Crippen molar-refractivity contribution in [2.45, 2.75) is 45.6 Å². The first-order valence-corrected chi connectivity index (χ1v) is 8.61. The molecule has 3 nitrogen and oxygen atoms in total. The molecule has 4 heteroatoms. The predicted molar refractivity (Wildman–Crippen MR) is 89.2 cm³/mol. The second kappa shape index (κ2) is 5.64. The third-order valence-corrected chi connectivity index (χ3v) is 5.91. The van der Waals surface area contributed by atoms with Crippen molar-refractivity contribution in [2.24, 2.45) is 17.8 Å². The number of carbonyl (C=O) groups excluding carboxylic acids is 1. The number of hydrogen-bond acceptors (Lipinski definition) is 2. The van der Waals surface area contributed by atoms with E-state index >= 15 is 0 Å². The molecular weight excluding hydrogens is 328 g/mol. The summed E-state index contributed by atoms with van der Waals surface area (Å²) in [5.41, 5.74) is 8.14. The van der Waals surface area contributed by atoms with Crippen LogP contribution in [0.25, 0.3) is 0 Å². The van der Waals surface area contributed by atoms with Gasteiger partial charge in [0.2, 0.25) is 0 Å². The number of fused-ring (bicyclic) bond motifs is 2. The quantitative estimate of drug-likeness (QED) is 0.812. The van der Waals surface area contributed by atoms with E-state index in [1.165, 1.54) is 25.7 Å². The Balaban J connectivity index is 1.72. The van der Waals surface area contributed by atoms with Crippen LogP contribution in [0.2, 0.25) is 0 Å². The van der Waals surface area contributed by atoms with Gasteiger partial charge >= 0.3 is 0 Å². The molecule has 3 rings (SSSR count). The predicted octanol–water partition coefficient (Wildman–Crippen LogP) is 3.89. The molecule has 0 heterocycles. The van der Waals surface area contributed by atoms with E-state index in [2.05, 4.69) is 28.2 Å². The fourth-order valence-electron chi connectivity index (χ4n) is 4.23. The maximum Gasteiger partial charge on any atom is 0.251 e. The average molecular weight is 351 g/mol. The van der Waals surface area contributed by atoms with Gasteiger partial charge in [-0.3, -0.25) is 4.79 Å². The van der Waals surface area contributed by atoms with Crippen molar-refractivity contribution in [3.8, 4) is 0 Å². The molecule has 4 atom stereocenters. The highest BCUT2D eigenvalue weighted by Gasteiger charge is 2.42. The monoisotopic (exact) mass is 350 g/mol. The van der Waals surface area contributed by atoms with Crippen molar-refractivity contribution in [3.63, 3.8) is 0 Å². The third-order valence-electron chi connectivity index (χ3n) is 5.45. The van der Waals surface area contributed by atoms with Gasteiger partial charge in [0.15, 0.2) is 0 Å². The van der Waals surface area contributed by atoms with Gasteiger partial charge in [-0.1, -0.05) is 22.4 Å². The van der Waals surface area contributed by atoms with Crippen LogP contribution >= 0.6 is 15.9 Å². The summed E-state index contributed by atoms with van der Waals surface area (Å²) in [5, 5.41) is 3.20. The molecule has 2 fully saturated rings. The zero-order valence-electron chi connectivity index (χ0n) is 12.7. The number of carbonyl (C=O) groups is 1. The van der Waals surface area contributed by atoms with E-state index < -0.39 is 0 Å². The van der Waals surface area contributed by atoms with Crippen LogP contribution in [0.3, 0.4) is 0 Å². The van der Waals surface area contributed by atoms with Crippen LogP contribution in [0.4, 0.5) is 5.69 Å². The Labute approximate surface area is 134 Å². The topological polar surface area (TPSA) is 55.1 Å². The molecule has 2 saturated carbocycles. The maximum atomic E-state index is 12.6. The number of anilines is 1. The van der Waals surface area contributed by atoms with Crippen LogP contribution < -0.4 is 11.1 Å². The Morgan fingerprint density at radius 3 is 2.76 bits per heavy atom. The van der Waals surface area contributed by atoms with Crippen molar-refractivity contribution < 1.29 is 4.79 Å². The standard InChI is InChI=1S/C17H23BrN2O/c1-9-14(7-13(18)8-16(9)19)17(21)20-10(2)15-6-11-3-4-12(15)5-11/h7-8,10-12,15H,3-6,19H2,1-2H3,(H,20,21). The number of amides is 1. The Kier molecular flexibility index (Phi) is 4.00. The number of rotatable bonds is 3. The van der Waals surface area contributed by atoms with Crippen LogP contribution in [0.1, 0.15) is 48.5 Å². The van der Waals surface area contributed by atoms with Crippen LogP contribution in [0.15, 0.2) is 16.6 Å². The van der Waals surface area contributed by atoms with Crippen LogP contribution in [-0.2, 0) is 0 Å². The van der Waals surface area contributed by atoms with Crippen molar-refractivity contribution in [1.82, 2.24) is 5.32 Å². The highest BCUT2D eigenvalue weighted by Crippen LogP contribution is 2.49. The molecule has 114 valence electrons. The van der Waals surface area contributed by atoms with Gasteiger partial charge in [-0.2, -0.15) is 0 Å². The lowest BCUT2D eigenvalue weighted by Crippen LogP contribution is -2.40. The van der Waals surface area contributed by atoms with Crippen LogP contribution in [-0.4, -0.2) is 11.9 Å². The van der Waals surface area contributed by atoms with E-state index in [1.807, 2.05) is 19.1 Å². The lowest BCUT2D eigenvalue weighted by Gasteiger charge is -2.28. The van der Waals surface area contributed by atoms with Gasteiger partial charge in [0.25, 0.3) is 5.91 Å². The van der Waals surface area contributed by atoms with Gasteiger partial charge in [-0.25, -0.2) is 0 Å². The Bertz CT molecular complexity index is 572. The van der Waals surface area contributed by atoms with Gasteiger partial charge in [-0.15, -0.1) is 0 Å². The highest BCUT2D eigenvalue weighted by molar-refractivity contribution is 9.10. The third kappa shape index (κ3) is 2.83. The number of nitrogen functional groups attached to an aromatic ring is 1. The molecule has 0 aliphatic heterocycles. The Morgan fingerprint density at radius 1 is 1.38 bits per heavy atom. The van der Waals surface area contributed by atoms with Crippen LogP contribution in [0.5, 0.6) is 0 Å². The average Bonchev–Trinajstić information content (AvgIpc) is 3.05. The summed E-state index contributed by atoms with van der Waals surface area (Å²) >= 11 is 3.41. The summed E-state index contributed by atoms with van der Waals surface area (Å²) in [7, 11) is 0. The van der Waals surface area contributed by atoms with Gasteiger partial charge in [0.05, 0.1) is 0 Å². The zero-order valence-corrected chi connectivity index (χ0v) is 14.2. The fraction of sp³-hybridized carbons (Fsp3) is 0.588. The number of hydrogen-bond donors (Lipinski definition) is 2. The van der Waals surface area contributed by atoms with Gasteiger partial charge in [-0.05, 0) is 68.6 Å². The van der Waals surface area contributed by atoms with E-state index in [9.17, 15) is 4.79 Å². The summed E-state index contributed by atoms with van der Waals surface area (Å²) in [6, 6.07) is 3.94. The van der Waals surface area contributed by atoms with Crippen LogP contribution in [0, 0.1) is 24.7 Å². The number of nitrogens with one attached hydrogen (secondary N) is 1. The summed E-state index contributed by atoms with van der Waals surface area (Å²) in [4.78, 5) is 12.6. The molecule has 0 saturated heterocycles. The molecule has 2 bridgehead atoms. The normalized spacial score (nSPS) is 28.6. The molecular formula is C17H23BrN2O. The SMILES string of the molecule is Cc1c(N)cc(Br)cc1C(=O)NC(C)C1CC2CCC1C2. The zero-order chi connectivity index (χ0) is 15.1. The summed E-state index contributed by atoms with van der Waals surface area (Å²) < 4.78 is 0.850. The molecule has 2 aliphatic carbocycles. The number of halogens is 1. The number of nitrogens with two attached hydrogens (primary N) is 1. The van der Waals surface area contributed by atoms with Gasteiger partial charge in [0.1, 0.15) is 0 Å². The molecule has 1 aromatic carbocycles. The first kappa shape index (κ1) is 14.9. The molecule has 21 heavy (non-hydrogen) atoms. The van der Waals surface area contributed by atoms with Crippen molar-refractivity contribution in [3.05, 3.63) is 27.7 Å². The van der Waals surface area contributed by atoms with E-state index in [1.54, 1.807) is 0 Å². The molecule has 3 N–H and O–H groups in total. The maximum absolute atomic E-state index is 12.6. The van der Waals surface area contributed by atoms with E-state index in [4.69, 9.17) is 5.73 Å². The highest BCUT2D eigenvalue weighted by atomic mass is 79.9.